The van der Waals surface area contributed by atoms with Gasteiger partial charge >= 0.3 is 0 Å². The lowest BCUT2D eigenvalue weighted by Crippen LogP contribution is -2.11. The quantitative estimate of drug-likeness (QED) is 0.624. The summed E-state index contributed by atoms with van der Waals surface area (Å²) in [5.74, 6) is 0.912. The van der Waals surface area contributed by atoms with Gasteiger partial charge in [-0.15, -0.1) is 0 Å². The molecule has 0 saturated heterocycles. The van der Waals surface area contributed by atoms with Crippen LogP contribution in [0, 0.1) is 0 Å². The highest BCUT2D eigenvalue weighted by Crippen LogP contribution is 2.26. The van der Waals surface area contributed by atoms with Crippen molar-refractivity contribution in [3.05, 3.63) is 23.5 Å². The first-order valence-corrected chi connectivity index (χ1v) is 4.71. The molecule has 0 radical (unpaired) electrons. The summed E-state index contributed by atoms with van der Waals surface area (Å²) in [6, 6.07) is 0. The van der Waals surface area contributed by atoms with Crippen LogP contribution in [-0.4, -0.2) is 12.4 Å². The van der Waals surface area contributed by atoms with E-state index in [0.29, 0.717) is 18.8 Å². The number of rotatable bonds is 3. The average molecular weight is 180 g/mol. The van der Waals surface area contributed by atoms with Crippen molar-refractivity contribution in [3.8, 4) is 0 Å². The summed E-state index contributed by atoms with van der Waals surface area (Å²) in [5.41, 5.74) is 1.85. The molecule has 2 nitrogen and oxygen atoms in total. The number of carbonyl (C=O) groups excluding carboxylic acids is 1. The van der Waals surface area contributed by atoms with E-state index in [0.717, 1.165) is 24.0 Å². The first-order valence-electron chi connectivity index (χ1n) is 4.71. The Bertz CT molecular complexity index is 261. The minimum Gasteiger partial charge on any atom is -0.494 e. The van der Waals surface area contributed by atoms with Crippen molar-refractivity contribution in [3.63, 3.8) is 0 Å². The Labute approximate surface area is 79.3 Å². The molecule has 1 rings (SSSR count). The van der Waals surface area contributed by atoms with E-state index in [-0.39, 0.29) is 5.78 Å². The number of hydrogen-bond donors (Lipinski definition) is 0. The van der Waals surface area contributed by atoms with Crippen LogP contribution in [0.4, 0.5) is 0 Å². The van der Waals surface area contributed by atoms with Crippen LogP contribution < -0.4 is 0 Å². The molecular formula is C11H16O2. The fourth-order valence-electron chi connectivity index (χ4n) is 1.58. The number of ketones is 1. The molecule has 0 aliphatic heterocycles. The van der Waals surface area contributed by atoms with Crippen LogP contribution in [0.2, 0.25) is 0 Å². The van der Waals surface area contributed by atoms with Crippen molar-refractivity contribution in [2.24, 2.45) is 0 Å². The molecular weight excluding hydrogens is 164 g/mol. The van der Waals surface area contributed by atoms with Gasteiger partial charge in [0.1, 0.15) is 5.76 Å². The zero-order valence-corrected chi connectivity index (χ0v) is 8.35. The molecule has 0 fully saturated rings. The Morgan fingerprint density at radius 1 is 1.54 bits per heavy atom. The fraction of sp³-hybridized carbons (Fsp3) is 0.545. The number of hydrogen-bond acceptors (Lipinski definition) is 2. The fourth-order valence-corrected chi connectivity index (χ4v) is 1.58. The lowest BCUT2D eigenvalue weighted by molar-refractivity contribution is -0.116. The van der Waals surface area contributed by atoms with Gasteiger partial charge in [-0.25, -0.2) is 0 Å². The van der Waals surface area contributed by atoms with Crippen LogP contribution in [0.1, 0.15) is 33.1 Å². The van der Waals surface area contributed by atoms with Gasteiger partial charge in [0, 0.05) is 6.42 Å². The first kappa shape index (κ1) is 10.0. The third kappa shape index (κ3) is 2.20. The zero-order chi connectivity index (χ0) is 9.84. The summed E-state index contributed by atoms with van der Waals surface area (Å²) in [6.07, 6.45) is 2.53. The maximum Gasteiger partial charge on any atom is 0.159 e. The second kappa shape index (κ2) is 4.26. The normalized spacial score (nSPS) is 17.5. The smallest absolute Gasteiger partial charge is 0.159 e. The molecule has 0 aromatic carbocycles. The molecule has 0 heterocycles. The van der Waals surface area contributed by atoms with Gasteiger partial charge in [-0.3, -0.25) is 4.79 Å². The lowest BCUT2D eigenvalue weighted by Gasteiger charge is -2.18. The van der Waals surface area contributed by atoms with Crippen molar-refractivity contribution in [1.82, 2.24) is 0 Å². The molecule has 0 N–H and O–H groups in total. The predicted molar refractivity (Wildman–Crippen MR) is 52.3 cm³/mol. The Hall–Kier alpha value is -1.05. The molecule has 0 atom stereocenters. The molecule has 72 valence electrons. The van der Waals surface area contributed by atoms with Gasteiger partial charge in [0.05, 0.1) is 6.61 Å². The number of Topliss-reactive ketones (excluding diaryl/α,β-unsaturated/α-hetero) is 1. The third-order valence-electron chi connectivity index (χ3n) is 2.36. The molecule has 0 aromatic heterocycles. The minimum absolute atomic E-state index is 0.238. The third-order valence-corrected chi connectivity index (χ3v) is 2.36. The van der Waals surface area contributed by atoms with E-state index in [9.17, 15) is 4.79 Å². The monoisotopic (exact) mass is 180 g/mol. The van der Waals surface area contributed by atoms with Crippen LogP contribution in [0.5, 0.6) is 0 Å². The number of allylic oxidation sites excluding steroid dienone is 2. The molecule has 0 unspecified atom stereocenters. The van der Waals surface area contributed by atoms with Crippen molar-refractivity contribution < 1.29 is 9.53 Å². The molecule has 0 saturated carbocycles. The average Bonchev–Trinajstić information content (AvgIpc) is 2.10. The summed E-state index contributed by atoms with van der Waals surface area (Å²) in [7, 11) is 0. The zero-order valence-electron chi connectivity index (χ0n) is 8.35. The molecule has 0 aromatic rings. The van der Waals surface area contributed by atoms with Crippen molar-refractivity contribution in [2.75, 3.05) is 6.61 Å². The summed E-state index contributed by atoms with van der Waals surface area (Å²) in [6.45, 7) is 8.22. The molecule has 0 bridgehead atoms. The van der Waals surface area contributed by atoms with E-state index >= 15 is 0 Å². The van der Waals surface area contributed by atoms with E-state index in [1.165, 1.54) is 0 Å². The minimum atomic E-state index is 0.238. The van der Waals surface area contributed by atoms with Gasteiger partial charge < -0.3 is 4.74 Å². The summed E-state index contributed by atoms with van der Waals surface area (Å²) >= 11 is 0. The Balaban J connectivity index is 2.82. The van der Waals surface area contributed by atoms with Crippen LogP contribution >= 0.6 is 0 Å². The highest BCUT2D eigenvalue weighted by Gasteiger charge is 2.18. The topological polar surface area (TPSA) is 26.3 Å². The second-order valence-electron chi connectivity index (χ2n) is 3.24. The summed E-state index contributed by atoms with van der Waals surface area (Å²) < 4.78 is 5.30. The Morgan fingerprint density at radius 2 is 2.23 bits per heavy atom. The van der Waals surface area contributed by atoms with Gasteiger partial charge in [0.25, 0.3) is 0 Å². The van der Waals surface area contributed by atoms with Crippen LogP contribution in [-0.2, 0) is 9.53 Å². The van der Waals surface area contributed by atoms with E-state index in [4.69, 9.17) is 4.74 Å². The van der Waals surface area contributed by atoms with E-state index in [1.807, 2.05) is 13.8 Å². The van der Waals surface area contributed by atoms with E-state index in [2.05, 4.69) is 6.58 Å². The Kier molecular flexibility index (Phi) is 3.29. The lowest BCUT2D eigenvalue weighted by atomic mass is 9.91. The summed E-state index contributed by atoms with van der Waals surface area (Å²) in [5, 5.41) is 0. The molecule has 0 amide bonds. The number of carbonyl (C=O) groups is 1. The van der Waals surface area contributed by atoms with Crippen LogP contribution in [0.15, 0.2) is 23.5 Å². The maximum absolute atomic E-state index is 11.4. The number of ether oxygens (including phenoxy) is 1. The molecule has 13 heavy (non-hydrogen) atoms. The molecule has 2 heteroatoms. The standard InChI is InChI=1S/C11H16O2/c1-4-13-9(3)10-6-5-7-11(12)8(10)2/h3-7H2,1-2H3. The van der Waals surface area contributed by atoms with Crippen molar-refractivity contribution in [2.45, 2.75) is 33.1 Å². The molecule has 0 spiro atoms. The van der Waals surface area contributed by atoms with Crippen LogP contribution in [0.25, 0.3) is 0 Å². The Morgan fingerprint density at radius 3 is 2.85 bits per heavy atom. The van der Waals surface area contributed by atoms with Crippen molar-refractivity contribution >= 4 is 5.78 Å². The molecule has 1 aliphatic rings. The predicted octanol–water partition coefficient (Wildman–Crippen LogP) is 2.61. The first-order chi connectivity index (χ1) is 6.16. The van der Waals surface area contributed by atoms with E-state index in [1.54, 1.807) is 0 Å². The van der Waals surface area contributed by atoms with Gasteiger partial charge in [-0.05, 0) is 37.8 Å². The highest BCUT2D eigenvalue weighted by atomic mass is 16.5. The summed E-state index contributed by atoms with van der Waals surface area (Å²) in [4.78, 5) is 11.4. The van der Waals surface area contributed by atoms with Gasteiger partial charge in [-0.1, -0.05) is 6.58 Å². The highest BCUT2D eigenvalue weighted by molar-refractivity contribution is 5.96. The van der Waals surface area contributed by atoms with E-state index < -0.39 is 0 Å². The van der Waals surface area contributed by atoms with Gasteiger partial charge in [-0.2, -0.15) is 0 Å². The van der Waals surface area contributed by atoms with Gasteiger partial charge in [0.2, 0.25) is 0 Å². The molecule has 1 aliphatic carbocycles. The van der Waals surface area contributed by atoms with Crippen molar-refractivity contribution in [1.29, 1.82) is 0 Å². The second-order valence-corrected chi connectivity index (χ2v) is 3.24. The van der Waals surface area contributed by atoms with Gasteiger partial charge in [0.15, 0.2) is 5.78 Å². The maximum atomic E-state index is 11.4. The van der Waals surface area contributed by atoms with Crippen LogP contribution in [0.3, 0.4) is 0 Å². The SMILES string of the molecule is C=C(OCC)C1=C(C)C(=O)CCC1. The largest absolute Gasteiger partial charge is 0.494 e.